The van der Waals surface area contributed by atoms with Crippen molar-refractivity contribution in [2.45, 2.75) is 96.8 Å². The van der Waals surface area contributed by atoms with E-state index in [1.165, 1.54) is 83.5 Å². The maximum absolute atomic E-state index is 9.05. The first-order valence-corrected chi connectivity index (χ1v) is 10.8. The van der Waals surface area contributed by atoms with Crippen molar-refractivity contribution in [2.75, 3.05) is 6.61 Å². The van der Waals surface area contributed by atoms with Crippen LogP contribution in [0.15, 0.2) is 24.3 Å². The Balaban J connectivity index is 1.82. The van der Waals surface area contributed by atoms with Crippen LogP contribution in [-0.4, -0.2) is 23.8 Å². The van der Waals surface area contributed by atoms with Crippen molar-refractivity contribution in [3.8, 4) is 5.75 Å². The summed E-state index contributed by atoms with van der Waals surface area (Å²) in [7, 11) is -1.41. The number of benzene rings is 1. The van der Waals surface area contributed by atoms with E-state index in [-0.39, 0.29) is 0 Å². The summed E-state index contributed by atoms with van der Waals surface area (Å²) in [6.45, 7) is 3.01. The molecule has 0 radical (unpaired) electrons. The Morgan fingerprint density at radius 2 is 1.08 bits per heavy atom. The van der Waals surface area contributed by atoms with Crippen LogP contribution in [-0.2, 0) is 0 Å². The third-order valence-electron chi connectivity index (χ3n) is 4.94. The Morgan fingerprint density at radius 1 is 0.654 bits per heavy atom. The van der Waals surface area contributed by atoms with Crippen molar-refractivity contribution >= 4 is 12.6 Å². The van der Waals surface area contributed by atoms with Gasteiger partial charge in [-0.15, -0.1) is 0 Å². The van der Waals surface area contributed by atoms with Gasteiger partial charge in [-0.3, -0.25) is 0 Å². The zero-order chi connectivity index (χ0) is 18.9. The van der Waals surface area contributed by atoms with Gasteiger partial charge in [0.15, 0.2) is 0 Å². The molecule has 26 heavy (non-hydrogen) atoms. The summed E-state index contributed by atoms with van der Waals surface area (Å²) in [4.78, 5) is 0. The minimum atomic E-state index is -1.41. The molecule has 0 spiro atoms. The summed E-state index contributed by atoms with van der Waals surface area (Å²) in [6, 6.07) is 6.95. The van der Waals surface area contributed by atoms with Gasteiger partial charge >= 0.3 is 7.12 Å². The Hall–Kier alpha value is -0.995. The lowest BCUT2D eigenvalue weighted by molar-refractivity contribution is 0.304. The smallest absolute Gasteiger partial charge is 0.488 e. The van der Waals surface area contributed by atoms with E-state index >= 15 is 0 Å². The summed E-state index contributed by atoms with van der Waals surface area (Å²) in [5.74, 6) is 0.795. The lowest BCUT2D eigenvalue weighted by Crippen LogP contribution is -2.29. The first-order chi connectivity index (χ1) is 12.7. The van der Waals surface area contributed by atoms with Crippen LogP contribution < -0.4 is 10.2 Å². The number of ether oxygens (including phenoxy) is 1. The molecule has 0 aromatic heterocycles. The summed E-state index contributed by atoms with van der Waals surface area (Å²) >= 11 is 0. The molecule has 0 bridgehead atoms. The molecule has 0 aliphatic rings. The Kier molecular flexibility index (Phi) is 14.4. The van der Waals surface area contributed by atoms with E-state index in [9.17, 15) is 0 Å². The molecule has 148 valence electrons. The van der Waals surface area contributed by atoms with E-state index in [2.05, 4.69) is 6.92 Å². The van der Waals surface area contributed by atoms with Gasteiger partial charge in [0, 0.05) is 0 Å². The van der Waals surface area contributed by atoms with E-state index in [1.807, 2.05) is 0 Å². The molecule has 0 fully saturated rings. The van der Waals surface area contributed by atoms with Crippen LogP contribution in [0.2, 0.25) is 0 Å². The monoisotopic (exact) mass is 362 g/mol. The normalized spacial score (nSPS) is 10.9. The van der Waals surface area contributed by atoms with Crippen LogP contribution in [0, 0.1) is 0 Å². The zero-order valence-electron chi connectivity index (χ0n) is 16.8. The van der Waals surface area contributed by atoms with Crippen molar-refractivity contribution < 1.29 is 14.8 Å². The van der Waals surface area contributed by atoms with Gasteiger partial charge in [-0.25, -0.2) is 0 Å². The van der Waals surface area contributed by atoms with Crippen molar-refractivity contribution in [3.63, 3.8) is 0 Å². The highest BCUT2D eigenvalue weighted by molar-refractivity contribution is 6.58. The number of unbranched alkanes of at least 4 members (excludes halogenated alkanes) is 13. The standard InChI is InChI=1S/C22H39BO3/c1-2-3-4-5-6-7-8-9-10-11-12-13-14-15-20-26-22-18-16-21(17-19-22)23(24)25/h16-19,24-25H,2-15,20H2,1H3. The predicted molar refractivity (Wildman–Crippen MR) is 112 cm³/mol. The molecule has 0 atom stereocenters. The van der Waals surface area contributed by atoms with E-state index in [1.54, 1.807) is 24.3 Å². The maximum Gasteiger partial charge on any atom is 0.488 e. The van der Waals surface area contributed by atoms with E-state index < -0.39 is 7.12 Å². The Morgan fingerprint density at radius 3 is 1.50 bits per heavy atom. The SMILES string of the molecule is CCCCCCCCCCCCCCCCOc1ccc(B(O)O)cc1. The summed E-state index contributed by atoms with van der Waals surface area (Å²) in [6.07, 6.45) is 19.0. The van der Waals surface area contributed by atoms with E-state index in [0.717, 1.165) is 18.8 Å². The Labute approximate surface area is 161 Å². The molecule has 3 nitrogen and oxygen atoms in total. The summed E-state index contributed by atoms with van der Waals surface area (Å²) in [5.41, 5.74) is 0.494. The maximum atomic E-state index is 9.05. The molecule has 0 aliphatic heterocycles. The molecule has 2 N–H and O–H groups in total. The predicted octanol–water partition coefficient (Wildman–Crippen LogP) is 5.23. The van der Waals surface area contributed by atoms with Gasteiger partial charge in [-0.1, -0.05) is 103 Å². The molecular weight excluding hydrogens is 323 g/mol. The lowest BCUT2D eigenvalue weighted by atomic mass is 9.80. The molecule has 0 unspecified atom stereocenters. The minimum Gasteiger partial charge on any atom is -0.494 e. The van der Waals surface area contributed by atoms with Gasteiger partial charge in [0.2, 0.25) is 0 Å². The second-order valence-electron chi connectivity index (χ2n) is 7.39. The largest absolute Gasteiger partial charge is 0.494 e. The topological polar surface area (TPSA) is 49.7 Å². The van der Waals surface area contributed by atoms with Gasteiger partial charge in [0.05, 0.1) is 6.61 Å². The number of hydrogen-bond donors (Lipinski definition) is 2. The summed E-state index contributed by atoms with van der Waals surface area (Å²) in [5, 5.41) is 18.1. The molecule has 4 heteroatoms. The van der Waals surface area contributed by atoms with Crippen LogP contribution in [0.25, 0.3) is 0 Å². The first kappa shape index (κ1) is 23.0. The lowest BCUT2D eigenvalue weighted by Gasteiger charge is -2.07. The molecular formula is C22H39BO3. The third-order valence-corrected chi connectivity index (χ3v) is 4.94. The highest BCUT2D eigenvalue weighted by atomic mass is 16.5. The first-order valence-electron chi connectivity index (χ1n) is 10.8. The van der Waals surface area contributed by atoms with Gasteiger partial charge < -0.3 is 14.8 Å². The van der Waals surface area contributed by atoms with Gasteiger partial charge in [-0.05, 0) is 24.0 Å². The van der Waals surface area contributed by atoms with Crippen LogP contribution in [0.4, 0.5) is 0 Å². The fourth-order valence-electron chi connectivity index (χ4n) is 3.22. The molecule has 1 aromatic rings. The number of hydrogen-bond acceptors (Lipinski definition) is 3. The van der Waals surface area contributed by atoms with Gasteiger partial charge in [0.25, 0.3) is 0 Å². The molecule has 0 heterocycles. The highest BCUT2D eigenvalue weighted by Crippen LogP contribution is 2.13. The zero-order valence-corrected chi connectivity index (χ0v) is 16.8. The average Bonchev–Trinajstić information content (AvgIpc) is 2.65. The fraction of sp³-hybridized carbons (Fsp3) is 0.727. The number of rotatable bonds is 17. The fourth-order valence-corrected chi connectivity index (χ4v) is 3.22. The molecule has 1 rings (SSSR count). The Bertz CT molecular complexity index is 420. The van der Waals surface area contributed by atoms with Gasteiger partial charge in [-0.2, -0.15) is 0 Å². The third kappa shape index (κ3) is 12.4. The van der Waals surface area contributed by atoms with Crippen LogP contribution in [0.1, 0.15) is 96.8 Å². The quantitative estimate of drug-likeness (QED) is 0.295. The van der Waals surface area contributed by atoms with Crippen LogP contribution >= 0.6 is 0 Å². The highest BCUT2D eigenvalue weighted by Gasteiger charge is 2.09. The van der Waals surface area contributed by atoms with Crippen molar-refractivity contribution in [3.05, 3.63) is 24.3 Å². The molecule has 0 amide bonds. The second kappa shape index (κ2) is 16.2. The van der Waals surface area contributed by atoms with Crippen molar-refractivity contribution in [1.29, 1.82) is 0 Å². The summed E-state index contributed by atoms with van der Waals surface area (Å²) < 4.78 is 5.68. The van der Waals surface area contributed by atoms with Crippen molar-refractivity contribution in [2.24, 2.45) is 0 Å². The minimum absolute atomic E-state index is 0.494. The second-order valence-corrected chi connectivity index (χ2v) is 7.39. The van der Waals surface area contributed by atoms with E-state index in [0.29, 0.717) is 5.46 Å². The average molecular weight is 362 g/mol. The van der Waals surface area contributed by atoms with Gasteiger partial charge in [0.1, 0.15) is 5.75 Å². The molecule has 0 saturated carbocycles. The molecule has 1 aromatic carbocycles. The molecule has 0 saturated heterocycles. The molecule has 0 aliphatic carbocycles. The van der Waals surface area contributed by atoms with Crippen LogP contribution in [0.3, 0.4) is 0 Å². The van der Waals surface area contributed by atoms with E-state index in [4.69, 9.17) is 14.8 Å². The van der Waals surface area contributed by atoms with Crippen molar-refractivity contribution in [1.82, 2.24) is 0 Å². The van der Waals surface area contributed by atoms with Crippen LogP contribution in [0.5, 0.6) is 5.75 Å².